The average Bonchev–Trinajstić information content (AvgIpc) is 3.15. The summed E-state index contributed by atoms with van der Waals surface area (Å²) in [6, 6.07) is 8.03. The van der Waals surface area contributed by atoms with Crippen LogP contribution in [0.1, 0.15) is 71.7 Å². The predicted octanol–water partition coefficient (Wildman–Crippen LogP) is 3.01. The van der Waals surface area contributed by atoms with E-state index in [1.165, 1.54) is 39.8 Å². The second-order valence-corrected chi connectivity index (χ2v) is 12.7. The van der Waals surface area contributed by atoms with Crippen molar-refractivity contribution in [1.82, 2.24) is 0 Å². The Balaban J connectivity index is 2.17. The summed E-state index contributed by atoms with van der Waals surface area (Å²) in [6.07, 6.45) is -7.40. The Kier molecular flexibility index (Phi) is 8.71. The summed E-state index contributed by atoms with van der Waals surface area (Å²) in [5.41, 5.74) is -4.63. The number of hydrogen-bond acceptors (Lipinski definition) is 11. The van der Waals surface area contributed by atoms with Crippen LogP contribution in [0.2, 0.25) is 0 Å². The zero-order chi connectivity index (χ0) is 32.9. The molecule has 4 rings (SSSR count). The quantitative estimate of drug-likeness (QED) is 0.276. The highest BCUT2D eigenvalue weighted by molar-refractivity contribution is 6.00. The van der Waals surface area contributed by atoms with Crippen molar-refractivity contribution in [2.24, 2.45) is 16.7 Å². The molecule has 0 spiro atoms. The van der Waals surface area contributed by atoms with Crippen LogP contribution in [0.5, 0.6) is 0 Å². The number of fused-ring (bicyclic) bond motifs is 2. The van der Waals surface area contributed by atoms with E-state index >= 15 is 0 Å². The predicted molar refractivity (Wildman–Crippen MR) is 155 cm³/mol. The molecule has 0 aromatic heterocycles. The van der Waals surface area contributed by atoms with Crippen LogP contribution in [0.25, 0.3) is 0 Å². The lowest BCUT2D eigenvalue weighted by molar-refractivity contribution is -0.212. The topological polar surface area (TPSA) is 163 Å². The molecule has 2 N–H and O–H groups in total. The molecule has 2 fully saturated rings. The minimum absolute atomic E-state index is 0.108. The molecule has 0 radical (unpaired) electrons. The van der Waals surface area contributed by atoms with Crippen molar-refractivity contribution < 1.29 is 53.1 Å². The van der Waals surface area contributed by atoms with E-state index in [4.69, 9.17) is 18.9 Å². The first-order chi connectivity index (χ1) is 20.4. The monoisotopic (exact) mass is 612 g/mol. The molecule has 11 heteroatoms. The summed E-state index contributed by atoms with van der Waals surface area (Å²) in [5.74, 6) is -4.66. The second kappa shape index (κ2) is 11.6. The zero-order valence-electron chi connectivity index (χ0n) is 26.0. The van der Waals surface area contributed by atoms with Gasteiger partial charge >= 0.3 is 23.9 Å². The summed E-state index contributed by atoms with van der Waals surface area (Å²) in [7, 11) is 0. The highest BCUT2D eigenvalue weighted by Gasteiger charge is 2.74. The summed E-state index contributed by atoms with van der Waals surface area (Å²) < 4.78 is 24.0. The summed E-state index contributed by atoms with van der Waals surface area (Å²) in [4.78, 5) is 65.5. The summed E-state index contributed by atoms with van der Waals surface area (Å²) in [5, 5.41) is 23.3. The van der Waals surface area contributed by atoms with Crippen LogP contribution >= 0.6 is 0 Å². The Morgan fingerprint density at radius 2 is 1.48 bits per heavy atom. The molecule has 3 aliphatic carbocycles. The molecule has 1 aromatic carbocycles. The fourth-order valence-electron chi connectivity index (χ4n) is 7.61. The van der Waals surface area contributed by atoms with Gasteiger partial charge in [0.1, 0.15) is 12.2 Å². The Bertz CT molecular complexity index is 1420. The number of hydrogen-bond donors (Lipinski definition) is 2. The zero-order valence-corrected chi connectivity index (χ0v) is 26.0. The molecule has 238 valence electrons. The van der Waals surface area contributed by atoms with Gasteiger partial charge in [-0.05, 0) is 49.6 Å². The molecule has 0 unspecified atom stereocenters. The maximum absolute atomic E-state index is 13.7. The molecular formula is C33H40O11. The lowest BCUT2D eigenvalue weighted by atomic mass is 9.54. The SMILES string of the molecule is C=C1[C@H](O)C[C@H](OC(C)=O)[C@]2(C)[C@@H](OC(C)=O)[C@H](OC(=O)c3ccccc3)C3=C(C)C(=O)C[C@@]3(C(C)(C)O)[C@H](OC(C)=O)[C@H]12. The van der Waals surface area contributed by atoms with Crippen molar-refractivity contribution in [3.8, 4) is 0 Å². The number of carbonyl (C=O) groups is 5. The smallest absolute Gasteiger partial charge is 0.338 e. The lowest BCUT2D eigenvalue weighted by Gasteiger charge is -2.55. The van der Waals surface area contributed by atoms with E-state index < -0.39 is 82.5 Å². The third-order valence-electron chi connectivity index (χ3n) is 9.56. The van der Waals surface area contributed by atoms with Crippen LogP contribution in [0.4, 0.5) is 0 Å². The molecule has 1 aromatic rings. The van der Waals surface area contributed by atoms with Crippen molar-refractivity contribution in [3.63, 3.8) is 0 Å². The maximum Gasteiger partial charge on any atom is 0.338 e. The number of aliphatic hydroxyl groups is 2. The largest absolute Gasteiger partial charge is 0.462 e. The van der Waals surface area contributed by atoms with E-state index in [9.17, 15) is 34.2 Å². The van der Waals surface area contributed by atoms with Gasteiger partial charge in [-0.25, -0.2) is 4.79 Å². The van der Waals surface area contributed by atoms with Crippen molar-refractivity contribution in [3.05, 3.63) is 59.2 Å². The van der Waals surface area contributed by atoms with E-state index in [1.54, 1.807) is 25.1 Å². The van der Waals surface area contributed by atoms with Gasteiger partial charge in [0, 0.05) is 39.5 Å². The number of aliphatic hydroxyl groups excluding tert-OH is 1. The minimum Gasteiger partial charge on any atom is -0.462 e. The first kappa shape index (κ1) is 33.1. The van der Waals surface area contributed by atoms with Gasteiger partial charge in [-0.15, -0.1) is 0 Å². The highest BCUT2D eigenvalue weighted by Crippen LogP contribution is 2.65. The van der Waals surface area contributed by atoms with Gasteiger partial charge in [-0.1, -0.05) is 31.7 Å². The third-order valence-corrected chi connectivity index (χ3v) is 9.56. The van der Waals surface area contributed by atoms with E-state index in [2.05, 4.69) is 6.58 Å². The van der Waals surface area contributed by atoms with Gasteiger partial charge in [-0.3, -0.25) is 19.2 Å². The normalized spacial score (nSPS) is 33.5. The van der Waals surface area contributed by atoms with E-state index in [-0.39, 0.29) is 35.1 Å². The Labute approximate surface area is 256 Å². The number of ether oxygens (including phenoxy) is 4. The Morgan fingerprint density at radius 1 is 0.932 bits per heavy atom. The molecule has 0 amide bonds. The highest BCUT2D eigenvalue weighted by atomic mass is 16.6. The number of allylic oxidation sites excluding steroid dienone is 1. The van der Waals surface area contributed by atoms with Gasteiger partial charge in [0.15, 0.2) is 18.0 Å². The standard InChI is InChI=1S/C33H40O11/c1-16-22(37)14-24(41-18(3)34)32(8)26(16)28(42-19(4)35)33(31(6,7)40)15-23(38)17(2)25(33)27(29(32)43-20(5)36)44-30(39)21-12-10-9-11-13-21/h9-13,22,24,26-29,37,40H,1,14-15H2,2-8H3/t22-,24+,26+,27-,28-,29+,32+,33+/m1/s1. The average molecular weight is 613 g/mol. The number of carbonyl (C=O) groups excluding carboxylic acids is 5. The van der Waals surface area contributed by atoms with E-state index in [0.717, 1.165) is 13.8 Å². The van der Waals surface area contributed by atoms with E-state index in [1.807, 2.05) is 0 Å². The molecule has 8 atom stereocenters. The molecule has 11 nitrogen and oxygen atoms in total. The first-order valence-corrected chi connectivity index (χ1v) is 14.5. The molecule has 0 bridgehead atoms. The van der Waals surface area contributed by atoms with Gasteiger partial charge < -0.3 is 29.2 Å². The van der Waals surface area contributed by atoms with Crippen LogP contribution in [0, 0.1) is 16.7 Å². The number of Topliss-reactive ketones (excluding diaryl/α,β-unsaturated/α-hetero) is 1. The van der Waals surface area contributed by atoms with Crippen LogP contribution < -0.4 is 0 Å². The van der Waals surface area contributed by atoms with Gasteiger partial charge in [-0.2, -0.15) is 0 Å². The number of rotatable bonds is 6. The van der Waals surface area contributed by atoms with Gasteiger partial charge in [0.2, 0.25) is 0 Å². The van der Waals surface area contributed by atoms with Crippen molar-refractivity contribution in [2.45, 2.75) is 97.4 Å². The van der Waals surface area contributed by atoms with Gasteiger partial charge in [0.05, 0.1) is 28.1 Å². The van der Waals surface area contributed by atoms with Crippen LogP contribution in [-0.2, 0) is 38.1 Å². The minimum atomic E-state index is -1.83. The molecule has 0 heterocycles. The molecule has 2 saturated carbocycles. The fourth-order valence-corrected chi connectivity index (χ4v) is 7.61. The van der Waals surface area contributed by atoms with Crippen LogP contribution in [-0.4, -0.2) is 76.0 Å². The van der Waals surface area contributed by atoms with Crippen LogP contribution in [0.3, 0.4) is 0 Å². The van der Waals surface area contributed by atoms with Crippen molar-refractivity contribution in [2.75, 3.05) is 0 Å². The second-order valence-electron chi connectivity index (χ2n) is 12.7. The van der Waals surface area contributed by atoms with Crippen molar-refractivity contribution in [1.29, 1.82) is 0 Å². The molecule has 0 saturated heterocycles. The van der Waals surface area contributed by atoms with Crippen molar-refractivity contribution >= 4 is 29.7 Å². The Morgan fingerprint density at radius 3 is 2.00 bits per heavy atom. The summed E-state index contributed by atoms with van der Waals surface area (Å²) >= 11 is 0. The molecule has 3 aliphatic rings. The number of esters is 4. The first-order valence-electron chi connectivity index (χ1n) is 14.5. The number of benzene rings is 1. The van der Waals surface area contributed by atoms with Crippen LogP contribution in [0.15, 0.2) is 53.6 Å². The summed E-state index contributed by atoms with van der Waals surface area (Å²) in [6.45, 7) is 13.7. The van der Waals surface area contributed by atoms with Gasteiger partial charge in [0.25, 0.3) is 0 Å². The third kappa shape index (κ3) is 5.26. The lowest BCUT2D eigenvalue weighted by Crippen LogP contribution is -2.63. The maximum atomic E-state index is 13.7. The fraction of sp³-hybridized carbons (Fsp3) is 0.545. The van der Waals surface area contributed by atoms with E-state index in [0.29, 0.717) is 0 Å². The molecule has 44 heavy (non-hydrogen) atoms. The molecular weight excluding hydrogens is 572 g/mol. The number of ketones is 1. The Hall–Kier alpha value is -3.83. The molecule has 0 aliphatic heterocycles.